The van der Waals surface area contributed by atoms with Crippen molar-refractivity contribution in [2.45, 2.75) is 38.9 Å². The van der Waals surface area contributed by atoms with Crippen LogP contribution in [0, 0.1) is 0 Å². The topological polar surface area (TPSA) is 44.2 Å². The van der Waals surface area contributed by atoms with E-state index in [2.05, 4.69) is 9.97 Å². The first-order chi connectivity index (χ1) is 9.89. The predicted molar refractivity (Wildman–Crippen MR) is 83.2 cm³/mol. The minimum Gasteiger partial charge on any atom is -0.398 e. The van der Waals surface area contributed by atoms with Crippen LogP contribution in [0.3, 0.4) is 0 Å². The Balaban J connectivity index is 1.92. The molecule has 0 N–H and O–H groups in total. The fraction of sp³-hybridized carbons (Fsp3) is 0.375. The molecule has 0 aromatic carbocycles. The van der Waals surface area contributed by atoms with Crippen molar-refractivity contribution in [2.75, 3.05) is 0 Å². The molecule has 0 unspecified atom stereocenters. The van der Waals surface area contributed by atoms with Crippen molar-refractivity contribution in [3.8, 4) is 11.1 Å². The highest BCUT2D eigenvalue weighted by molar-refractivity contribution is 6.61. The summed E-state index contributed by atoms with van der Waals surface area (Å²) in [5.74, 6) is 0. The molecule has 4 nitrogen and oxygen atoms in total. The van der Waals surface area contributed by atoms with E-state index in [1.165, 1.54) is 0 Å². The Labute approximate surface area is 125 Å². The van der Waals surface area contributed by atoms with E-state index in [0.717, 1.165) is 16.7 Å². The maximum absolute atomic E-state index is 6.04. The van der Waals surface area contributed by atoms with E-state index in [-0.39, 0.29) is 11.2 Å². The zero-order chi connectivity index (χ0) is 15.1. The Bertz CT molecular complexity index is 628. The van der Waals surface area contributed by atoms with Gasteiger partial charge in [0.25, 0.3) is 0 Å². The van der Waals surface area contributed by atoms with Gasteiger partial charge >= 0.3 is 7.12 Å². The van der Waals surface area contributed by atoms with Crippen LogP contribution in [-0.4, -0.2) is 28.3 Å². The molecule has 2 aromatic heterocycles. The van der Waals surface area contributed by atoms with E-state index >= 15 is 0 Å². The Kier molecular flexibility index (Phi) is 3.34. The summed E-state index contributed by atoms with van der Waals surface area (Å²) in [6, 6.07) is 7.94. The van der Waals surface area contributed by atoms with E-state index in [1.54, 1.807) is 18.6 Å². The largest absolute Gasteiger partial charge is 0.514 e. The third-order valence-electron chi connectivity index (χ3n) is 4.29. The van der Waals surface area contributed by atoms with Crippen LogP contribution in [0.5, 0.6) is 0 Å². The molecule has 1 saturated heterocycles. The Hall–Kier alpha value is -1.72. The third kappa shape index (κ3) is 2.59. The van der Waals surface area contributed by atoms with Crippen molar-refractivity contribution in [1.82, 2.24) is 9.97 Å². The molecule has 1 aliphatic heterocycles. The molecule has 2 aromatic rings. The lowest BCUT2D eigenvalue weighted by atomic mass is 9.83. The second-order valence-corrected chi connectivity index (χ2v) is 6.29. The fourth-order valence-corrected chi connectivity index (χ4v) is 2.26. The standard InChI is InChI=1S/C16H19BN2O2/c1-15(2)16(3,4)21-17(20-15)14-11-13(7-10-19-14)12-5-8-18-9-6-12/h5-11H,1-4H3. The van der Waals surface area contributed by atoms with Crippen LogP contribution in [0.15, 0.2) is 42.9 Å². The van der Waals surface area contributed by atoms with Crippen molar-refractivity contribution in [2.24, 2.45) is 0 Å². The van der Waals surface area contributed by atoms with Gasteiger partial charge in [0.05, 0.1) is 16.8 Å². The van der Waals surface area contributed by atoms with Crippen molar-refractivity contribution in [3.05, 3.63) is 42.9 Å². The molecule has 108 valence electrons. The molecular formula is C16H19BN2O2. The van der Waals surface area contributed by atoms with Gasteiger partial charge in [0, 0.05) is 18.6 Å². The first kappa shape index (κ1) is 14.2. The van der Waals surface area contributed by atoms with Crippen molar-refractivity contribution in [3.63, 3.8) is 0 Å². The number of pyridine rings is 2. The highest BCUT2D eigenvalue weighted by atomic mass is 16.7. The van der Waals surface area contributed by atoms with Gasteiger partial charge in [-0.25, -0.2) is 0 Å². The summed E-state index contributed by atoms with van der Waals surface area (Å²) in [5.41, 5.74) is 2.27. The van der Waals surface area contributed by atoms with Gasteiger partial charge in [0.1, 0.15) is 0 Å². The van der Waals surface area contributed by atoms with Gasteiger partial charge in [0.2, 0.25) is 0 Å². The molecule has 0 spiro atoms. The lowest BCUT2D eigenvalue weighted by Crippen LogP contribution is -2.41. The van der Waals surface area contributed by atoms with Gasteiger partial charge in [-0.2, -0.15) is 0 Å². The van der Waals surface area contributed by atoms with E-state index in [4.69, 9.17) is 9.31 Å². The van der Waals surface area contributed by atoms with Crippen LogP contribution in [0.25, 0.3) is 11.1 Å². The second kappa shape index (κ2) is 4.93. The molecule has 3 rings (SSSR count). The zero-order valence-corrected chi connectivity index (χ0v) is 12.8. The minimum absolute atomic E-state index is 0.355. The van der Waals surface area contributed by atoms with Crippen molar-refractivity contribution < 1.29 is 9.31 Å². The summed E-state index contributed by atoms with van der Waals surface area (Å²) in [6.45, 7) is 8.17. The molecule has 0 saturated carbocycles. The van der Waals surface area contributed by atoms with E-state index in [1.807, 2.05) is 52.0 Å². The zero-order valence-electron chi connectivity index (χ0n) is 12.8. The lowest BCUT2D eigenvalue weighted by Gasteiger charge is -2.32. The Morgan fingerprint density at radius 1 is 0.857 bits per heavy atom. The molecule has 0 amide bonds. The third-order valence-corrected chi connectivity index (χ3v) is 4.29. The van der Waals surface area contributed by atoms with Crippen molar-refractivity contribution >= 4 is 12.7 Å². The first-order valence-electron chi connectivity index (χ1n) is 7.11. The number of aromatic nitrogens is 2. The van der Waals surface area contributed by atoms with Crippen molar-refractivity contribution in [1.29, 1.82) is 0 Å². The van der Waals surface area contributed by atoms with Crippen LogP contribution < -0.4 is 5.59 Å². The number of rotatable bonds is 2. The summed E-state index contributed by atoms with van der Waals surface area (Å²) in [6.07, 6.45) is 5.35. The second-order valence-electron chi connectivity index (χ2n) is 6.29. The molecule has 1 fully saturated rings. The molecule has 5 heteroatoms. The van der Waals surface area contributed by atoms with Gasteiger partial charge in [-0.05, 0) is 63.1 Å². The van der Waals surface area contributed by atoms with E-state index < -0.39 is 7.12 Å². The van der Waals surface area contributed by atoms with Crippen LogP contribution in [0.1, 0.15) is 27.7 Å². The maximum Gasteiger partial charge on any atom is 0.514 e. The average molecular weight is 282 g/mol. The van der Waals surface area contributed by atoms with Crippen LogP contribution in [0.4, 0.5) is 0 Å². The fourth-order valence-electron chi connectivity index (χ4n) is 2.26. The molecule has 0 atom stereocenters. The molecule has 0 bridgehead atoms. The predicted octanol–water partition coefficient (Wildman–Crippen LogP) is 2.44. The number of nitrogens with zero attached hydrogens (tertiary/aromatic N) is 2. The SMILES string of the molecule is CC1(C)OB(c2cc(-c3ccncc3)ccn2)OC1(C)C. The monoisotopic (exact) mass is 282 g/mol. The average Bonchev–Trinajstić information content (AvgIpc) is 2.69. The molecule has 21 heavy (non-hydrogen) atoms. The molecule has 3 heterocycles. The molecule has 0 radical (unpaired) electrons. The quantitative estimate of drug-likeness (QED) is 0.794. The highest BCUT2D eigenvalue weighted by Crippen LogP contribution is 2.36. The van der Waals surface area contributed by atoms with Gasteiger partial charge in [-0.3, -0.25) is 9.97 Å². The smallest absolute Gasteiger partial charge is 0.398 e. The molecule has 0 aliphatic carbocycles. The number of hydrogen-bond donors (Lipinski definition) is 0. The van der Waals surface area contributed by atoms with Crippen LogP contribution in [0.2, 0.25) is 0 Å². The molecule has 1 aliphatic rings. The minimum atomic E-state index is -0.434. The summed E-state index contributed by atoms with van der Waals surface area (Å²) in [7, 11) is -0.434. The molecular weight excluding hydrogens is 263 g/mol. The normalized spacial score (nSPS) is 19.7. The van der Waals surface area contributed by atoms with Gasteiger partial charge in [-0.15, -0.1) is 0 Å². The van der Waals surface area contributed by atoms with Crippen LogP contribution in [-0.2, 0) is 9.31 Å². The maximum atomic E-state index is 6.04. The van der Waals surface area contributed by atoms with Crippen LogP contribution >= 0.6 is 0 Å². The van der Waals surface area contributed by atoms with Gasteiger partial charge < -0.3 is 9.31 Å². The first-order valence-corrected chi connectivity index (χ1v) is 7.11. The lowest BCUT2D eigenvalue weighted by molar-refractivity contribution is 0.00578. The van der Waals surface area contributed by atoms with Gasteiger partial charge in [-0.1, -0.05) is 0 Å². The summed E-state index contributed by atoms with van der Waals surface area (Å²) in [5, 5.41) is 0. The summed E-state index contributed by atoms with van der Waals surface area (Å²) in [4.78, 5) is 8.46. The van der Waals surface area contributed by atoms with Gasteiger partial charge in [0.15, 0.2) is 0 Å². The summed E-state index contributed by atoms with van der Waals surface area (Å²) < 4.78 is 12.1. The Morgan fingerprint density at radius 2 is 1.43 bits per heavy atom. The highest BCUT2D eigenvalue weighted by Gasteiger charge is 2.52. The Morgan fingerprint density at radius 3 is 2.05 bits per heavy atom. The van der Waals surface area contributed by atoms with E-state index in [0.29, 0.717) is 0 Å². The summed E-state index contributed by atoms with van der Waals surface area (Å²) >= 11 is 0. The van der Waals surface area contributed by atoms with E-state index in [9.17, 15) is 0 Å². The number of hydrogen-bond acceptors (Lipinski definition) is 4.